The fourth-order valence-electron chi connectivity index (χ4n) is 3.24. The summed E-state index contributed by atoms with van der Waals surface area (Å²) in [4.78, 5) is 25.0. The lowest BCUT2D eigenvalue weighted by Gasteiger charge is -2.35. The van der Waals surface area contributed by atoms with Crippen molar-refractivity contribution in [2.24, 2.45) is 0 Å². The summed E-state index contributed by atoms with van der Waals surface area (Å²) in [5, 5.41) is 2.78. The first-order valence-electron chi connectivity index (χ1n) is 8.69. The van der Waals surface area contributed by atoms with Crippen LogP contribution in [0, 0.1) is 0 Å². The van der Waals surface area contributed by atoms with Gasteiger partial charge in [0.2, 0.25) is 10.0 Å². The molecule has 0 spiro atoms. The Balaban J connectivity index is 2.40. The maximum Gasteiger partial charge on any atom is 0.331 e. The Morgan fingerprint density at radius 3 is 2.26 bits per heavy atom. The molecule has 27 heavy (non-hydrogen) atoms. The summed E-state index contributed by atoms with van der Waals surface area (Å²) in [6, 6.07) is 4.16. The zero-order chi connectivity index (χ0) is 20.2. The predicted octanol–water partition coefficient (Wildman–Crippen LogP) is 1.55. The molecule has 0 saturated heterocycles. The highest BCUT2D eigenvalue weighted by Crippen LogP contribution is 2.31. The van der Waals surface area contributed by atoms with Crippen molar-refractivity contribution in [1.82, 2.24) is 9.62 Å². The first kappa shape index (κ1) is 21.2. The van der Waals surface area contributed by atoms with Crippen molar-refractivity contribution in [2.75, 3.05) is 28.3 Å². The molecule has 1 amide bonds. The average molecular weight is 398 g/mol. The van der Waals surface area contributed by atoms with Gasteiger partial charge < -0.3 is 14.8 Å². The second-order valence-corrected chi connectivity index (χ2v) is 8.86. The van der Waals surface area contributed by atoms with Gasteiger partial charge >= 0.3 is 5.97 Å². The Hall–Kier alpha value is -2.13. The van der Waals surface area contributed by atoms with Crippen LogP contribution in [0.25, 0.3) is 0 Å². The second kappa shape index (κ2) is 8.26. The quantitative estimate of drug-likeness (QED) is 0.730. The van der Waals surface area contributed by atoms with E-state index in [0.29, 0.717) is 12.8 Å². The van der Waals surface area contributed by atoms with Crippen LogP contribution in [-0.2, 0) is 19.6 Å². The molecule has 1 aliphatic carbocycles. The molecular weight excluding hydrogens is 372 g/mol. The molecule has 1 saturated carbocycles. The number of nitrogens with one attached hydrogen (secondary N) is 1. The molecule has 0 atom stereocenters. The Bertz CT molecular complexity index is 813. The Labute approximate surface area is 159 Å². The maximum absolute atomic E-state index is 12.8. The zero-order valence-corrected chi connectivity index (χ0v) is 16.9. The van der Waals surface area contributed by atoms with Gasteiger partial charge in [0.15, 0.2) is 0 Å². The minimum absolute atomic E-state index is 0.113. The number of esters is 1. The zero-order valence-electron chi connectivity index (χ0n) is 16.1. The fourth-order valence-corrected chi connectivity index (χ4v) is 4.31. The molecule has 8 nitrogen and oxygen atoms in total. The van der Waals surface area contributed by atoms with Crippen molar-refractivity contribution in [3.05, 3.63) is 23.8 Å². The summed E-state index contributed by atoms with van der Waals surface area (Å²) >= 11 is 0. The molecule has 9 heteroatoms. The van der Waals surface area contributed by atoms with E-state index in [-0.39, 0.29) is 16.2 Å². The van der Waals surface area contributed by atoms with Gasteiger partial charge in [0, 0.05) is 19.7 Å². The van der Waals surface area contributed by atoms with Crippen molar-refractivity contribution in [3.63, 3.8) is 0 Å². The van der Waals surface area contributed by atoms with E-state index in [0.717, 1.165) is 23.6 Å². The topological polar surface area (TPSA) is 102 Å². The first-order valence-corrected chi connectivity index (χ1v) is 10.1. The highest BCUT2D eigenvalue weighted by Gasteiger charge is 2.42. The molecule has 1 N–H and O–H groups in total. The van der Waals surface area contributed by atoms with E-state index in [1.54, 1.807) is 0 Å². The third kappa shape index (κ3) is 4.24. The van der Waals surface area contributed by atoms with Crippen LogP contribution in [0.3, 0.4) is 0 Å². The van der Waals surface area contributed by atoms with Crippen molar-refractivity contribution in [1.29, 1.82) is 0 Å². The van der Waals surface area contributed by atoms with Gasteiger partial charge in [-0.25, -0.2) is 17.5 Å². The van der Waals surface area contributed by atoms with Crippen molar-refractivity contribution >= 4 is 21.9 Å². The van der Waals surface area contributed by atoms with E-state index in [2.05, 4.69) is 5.32 Å². The monoisotopic (exact) mass is 398 g/mol. The van der Waals surface area contributed by atoms with E-state index in [1.165, 1.54) is 46.5 Å². The molecule has 1 fully saturated rings. The van der Waals surface area contributed by atoms with Crippen LogP contribution in [0.4, 0.5) is 0 Å². The molecule has 0 aromatic heterocycles. The maximum atomic E-state index is 12.8. The minimum Gasteiger partial charge on any atom is -0.495 e. The summed E-state index contributed by atoms with van der Waals surface area (Å²) in [5.74, 6) is -0.869. The number of hydrogen-bond donors (Lipinski definition) is 1. The van der Waals surface area contributed by atoms with Gasteiger partial charge in [-0.15, -0.1) is 0 Å². The molecule has 0 unspecified atom stereocenters. The van der Waals surface area contributed by atoms with E-state index in [4.69, 9.17) is 9.47 Å². The number of ether oxygens (including phenoxy) is 2. The standard InChI is InChI=1S/C18H26N2O6S/c1-20(2)27(23,24)15-12-13(8-9-14(15)25-3)16(21)19-18(17(22)26-4)10-6-5-7-11-18/h8-9,12H,5-7,10-11H2,1-4H3,(H,19,21). The summed E-state index contributed by atoms with van der Waals surface area (Å²) in [6.45, 7) is 0. The van der Waals surface area contributed by atoms with Crippen molar-refractivity contribution in [2.45, 2.75) is 42.5 Å². The third-order valence-corrected chi connectivity index (χ3v) is 6.66. The highest BCUT2D eigenvalue weighted by molar-refractivity contribution is 7.89. The van der Waals surface area contributed by atoms with Crippen molar-refractivity contribution < 1.29 is 27.5 Å². The van der Waals surface area contributed by atoms with Crippen LogP contribution in [0.2, 0.25) is 0 Å². The summed E-state index contributed by atoms with van der Waals surface area (Å²) in [7, 11) is 1.64. The number of carbonyl (C=O) groups is 2. The SMILES string of the molecule is COC(=O)C1(NC(=O)c2ccc(OC)c(S(=O)(=O)N(C)C)c2)CCCCC1. The number of amides is 1. The number of hydrogen-bond acceptors (Lipinski definition) is 6. The Morgan fingerprint density at radius 2 is 1.74 bits per heavy atom. The van der Waals surface area contributed by atoms with E-state index in [9.17, 15) is 18.0 Å². The molecule has 0 bridgehead atoms. The number of carbonyl (C=O) groups excluding carboxylic acids is 2. The predicted molar refractivity (Wildman–Crippen MR) is 99.2 cm³/mol. The number of benzene rings is 1. The van der Waals surface area contributed by atoms with Crippen LogP contribution in [-0.4, -0.2) is 58.5 Å². The molecule has 0 heterocycles. The lowest BCUT2D eigenvalue weighted by atomic mass is 9.81. The number of rotatable bonds is 6. The van der Waals surface area contributed by atoms with Gasteiger partial charge in [-0.1, -0.05) is 19.3 Å². The Kier molecular flexibility index (Phi) is 6.48. The summed E-state index contributed by atoms with van der Waals surface area (Å²) < 4.78 is 36.1. The third-order valence-electron chi connectivity index (χ3n) is 4.82. The summed E-state index contributed by atoms with van der Waals surface area (Å²) in [5.41, 5.74) is -0.949. The van der Waals surface area contributed by atoms with Crippen molar-refractivity contribution in [3.8, 4) is 5.75 Å². The molecule has 1 aromatic carbocycles. The van der Waals surface area contributed by atoms with Crippen LogP contribution >= 0.6 is 0 Å². The average Bonchev–Trinajstić information content (AvgIpc) is 2.67. The minimum atomic E-state index is -3.81. The molecule has 0 aliphatic heterocycles. The second-order valence-electron chi connectivity index (χ2n) is 6.74. The number of nitrogens with zero attached hydrogens (tertiary/aromatic N) is 1. The highest BCUT2D eigenvalue weighted by atomic mass is 32.2. The van der Waals surface area contributed by atoms with Gasteiger partial charge in [0.05, 0.1) is 14.2 Å². The molecule has 1 aliphatic rings. The molecule has 1 aromatic rings. The van der Waals surface area contributed by atoms with Crippen LogP contribution < -0.4 is 10.1 Å². The lowest BCUT2D eigenvalue weighted by molar-refractivity contribution is -0.149. The van der Waals surface area contributed by atoms with Crippen LogP contribution in [0.5, 0.6) is 5.75 Å². The van der Waals surface area contributed by atoms with Gasteiger partial charge in [-0.3, -0.25) is 4.79 Å². The molecular formula is C18H26N2O6S. The van der Waals surface area contributed by atoms with E-state index < -0.39 is 27.4 Å². The first-order chi connectivity index (χ1) is 12.7. The fraction of sp³-hybridized carbons (Fsp3) is 0.556. The van der Waals surface area contributed by atoms with Crippen LogP contribution in [0.15, 0.2) is 23.1 Å². The normalized spacial score (nSPS) is 16.6. The number of sulfonamides is 1. The van der Waals surface area contributed by atoms with E-state index >= 15 is 0 Å². The van der Waals surface area contributed by atoms with Gasteiger partial charge in [-0.05, 0) is 31.0 Å². The Morgan fingerprint density at radius 1 is 1.11 bits per heavy atom. The lowest BCUT2D eigenvalue weighted by Crippen LogP contribution is -2.56. The van der Waals surface area contributed by atoms with Crippen LogP contribution in [0.1, 0.15) is 42.5 Å². The van der Waals surface area contributed by atoms with Gasteiger partial charge in [-0.2, -0.15) is 0 Å². The van der Waals surface area contributed by atoms with Gasteiger partial charge in [0.25, 0.3) is 5.91 Å². The smallest absolute Gasteiger partial charge is 0.331 e. The molecule has 150 valence electrons. The number of methoxy groups -OCH3 is 2. The summed E-state index contributed by atoms with van der Waals surface area (Å²) in [6.07, 6.45) is 3.58. The molecule has 0 radical (unpaired) electrons. The largest absolute Gasteiger partial charge is 0.495 e. The molecule has 2 rings (SSSR count). The van der Waals surface area contributed by atoms with Gasteiger partial charge in [0.1, 0.15) is 16.2 Å². The van der Waals surface area contributed by atoms with E-state index in [1.807, 2.05) is 0 Å².